The highest BCUT2D eigenvalue weighted by Gasteiger charge is 2.38. The van der Waals surface area contributed by atoms with Gasteiger partial charge in [0, 0.05) is 29.9 Å². The zero-order valence-electron chi connectivity index (χ0n) is 17.0. The zero-order valence-corrected chi connectivity index (χ0v) is 17.0. The Hall–Kier alpha value is -2.46. The molecule has 0 radical (unpaired) electrons. The van der Waals surface area contributed by atoms with Crippen molar-refractivity contribution in [2.24, 2.45) is 10.9 Å². The van der Waals surface area contributed by atoms with Crippen LogP contribution >= 0.6 is 0 Å². The van der Waals surface area contributed by atoms with Crippen molar-refractivity contribution in [3.63, 3.8) is 0 Å². The van der Waals surface area contributed by atoms with Crippen LogP contribution in [0.4, 0.5) is 0 Å². The van der Waals surface area contributed by atoms with E-state index in [4.69, 9.17) is 0 Å². The second-order valence-corrected chi connectivity index (χ2v) is 8.78. The zero-order chi connectivity index (χ0) is 20.0. The number of fused-ring (bicyclic) bond motifs is 3. The van der Waals surface area contributed by atoms with E-state index in [0.29, 0.717) is 12.5 Å². The van der Waals surface area contributed by atoms with Crippen LogP contribution < -0.4 is 0 Å². The van der Waals surface area contributed by atoms with Gasteiger partial charge in [-0.15, -0.1) is 0 Å². The Balaban J connectivity index is 1.52. The van der Waals surface area contributed by atoms with Crippen LogP contribution in [-0.2, 0) is 13.0 Å². The first kappa shape index (κ1) is 18.6. The minimum Gasteiger partial charge on any atom is -0.391 e. The predicted molar refractivity (Wildman–Crippen MR) is 116 cm³/mol. The monoisotopic (exact) mass is 388 g/mol. The molecular formula is C25H28N2O2. The van der Waals surface area contributed by atoms with Gasteiger partial charge in [0.25, 0.3) is 5.91 Å². The third kappa shape index (κ3) is 3.29. The van der Waals surface area contributed by atoms with E-state index in [2.05, 4.69) is 47.6 Å². The van der Waals surface area contributed by atoms with Crippen molar-refractivity contribution in [3.05, 3.63) is 58.8 Å². The SMILES string of the molecule is CC1=CCC(Cc2cc3c(c4ccccc24)CN([C@H]2CCCC[C@@H]2O)C3=O)C=N1. The lowest BCUT2D eigenvalue weighted by Gasteiger charge is -2.35. The lowest BCUT2D eigenvalue weighted by atomic mass is 9.89. The normalized spacial score (nSPS) is 26.7. The molecule has 2 heterocycles. The maximum Gasteiger partial charge on any atom is 0.254 e. The molecule has 0 bridgehead atoms. The third-order valence-electron chi connectivity index (χ3n) is 6.84. The Labute approximate surface area is 171 Å². The number of hydrogen-bond acceptors (Lipinski definition) is 3. The van der Waals surface area contributed by atoms with Crippen LogP contribution in [0.1, 0.15) is 60.5 Å². The van der Waals surface area contributed by atoms with E-state index in [9.17, 15) is 9.90 Å². The first-order valence-corrected chi connectivity index (χ1v) is 10.9. The molecule has 1 fully saturated rings. The van der Waals surface area contributed by atoms with E-state index >= 15 is 0 Å². The molecule has 0 spiro atoms. The third-order valence-corrected chi connectivity index (χ3v) is 6.84. The fourth-order valence-corrected chi connectivity index (χ4v) is 5.24. The minimum absolute atomic E-state index is 0.0514. The summed E-state index contributed by atoms with van der Waals surface area (Å²) in [6.07, 6.45) is 9.57. The average Bonchev–Trinajstić information content (AvgIpc) is 3.07. The van der Waals surface area contributed by atoms with Gasteiger partial charge in [-0.2, -0.15) is 0 Å². The number of benzene rings is 2. The van der Waals surface area contributed by atoms with Gasteiger partial charge in [0.15, 0.2) is 0 Å². The summed E-state index contributed by atoms with van der Waals surface area (Å²) in [6.45, 7) is 2.65. The quantitative estimate of drug-likeness (QED) is 0.833. The van der Waals surface area contributed by atoms with Crippen molar-refractivity contribution in [1.29, 1.82) is 0 Å². The van der Waals surface area contributed by atoms with Crippen LogP contribution in [0.25, 0.3) is 10.8 Å². The molecule has 2 aliphatic heterocycles. The van der Waals surface area contributed by atoms with Gasteiger partial charge in [0.05, 0.1) is 12.1 Å². The summed E-state index contributed by atoms with van der Waals surface area (Å²) < 4.78 is 0. The van der Waals surface area contributed by atoms with Gasteiger partial charge in [-0.3, -0.25) is 9.79 Å². The highest BCUT2D eigenvalue weighted by molar-refractivity contribution is 6.05. The molecule has 0 saturated heterocycles. The number of carbonyl (C=O) groups is 1. The molecule has 1 N–H and O–H groups in total. The molecule has 5 rings (SSSR count). The highest BCUT2D eigenvalue weighted by Crippen LogP contribution is 2.37. The molecule has 2 aromatic rings. The number of aliphatic imine (C=N–C) groups is 1. The van der Waals surface area contributed by atoms with Gasteiger partial charge in [0.1, 0.15) is 0 Å². The molecule has 0 aromatic heterocycles. The Kier molecular flexibility index (Phi) is 4.75. The standard InChI is InChI=1S/C25H28N2O2/c1-16-10-11-17(14-26-16)12-18-13-21-22(20-7-3-2-6-19(18)20)15-27(25(21)29)23-8-4-5-9-24(23)28/h2-3,6-7,10,13-14,17,23-24,28H,4-5,8-9,11-12,15H2,1H3/t17?,23-,24-/m0/s1. The maximum atomic E-state index is 13.4. The van der Waals surface area contributed by atoms with Crippen molar-refractivity contribution < 1.29 is 9.90 Å². The summed E-state index contributed by atoms with van der Waals surface area (Å²) >= 11 is 0. The Bertz CT molecular complexity index is 1020. The number of nitrogens with zero attached hydrogens (tertiary/aromatic N) is 2. The Morgan fingerprint density at radius 3 is 2.72 bits per heavy atom. The van der Waals surface area contributed by atoms with Gasteiger partial charge in [-0.05, 0) is 60.6 Å². The smallest absolute Gasteiger partial charge is 0.254 e. The van der Waals surface area contributed by atoms with Gasteiger partial charge in [-0.1, -0.05) is 43.2 Å². The Morgan fingerprint density at radius 1 is 1.17 bits per heavy atom. The van der Waals surface area contributed by atoms with Crippen LogP contribution in [0.5, 0.6) is 0 Å². The fraction of sp³-hybridized carbons (Fsp3) is 0.440. The molecule has 1 saturated carbocycles. The number of carbonyl (C=O) groups excluding carboxylic acids is 1. The number of aliphatic hydroxyl groups excluding tert-OH is 1. The number of allylic oxidation sites excluding steroid dienone is 2. The lowest BCUT2D eigenvalue weighted by molar-refractivity contribution is 0.0192. The molecule has 3 aliphatic rings. The van der Waals surface area contributed by atoms with E-state index < -0.39 is 6.10 Å². The number of aliphatic hydroxyl groups is 1. The molecule has 3 atom stereocenters. The largest absolute Gasteiger partial charge is 0.391 e. The molecule has 4 nitrogen and oxygen atoms in total. The molecule has 2 aromatic carbocycles. The van der Waals surface area contributed by atoms with Crippen LogP contribution in [0, 0.1) is 5.92 Å². The summed E-state index contributed by atoms with van der Waals surface area (Å²) in [5.41, 5.74) is 4.26. The van der Waals surface area contributed by atoms with Crippen molar-refractivity contribution >= 4 is 22.9 Å². The van der Waals surface area contributed by atoms with Crippen molar-refractivity contribution in [3.8, 4) is 0 Å². The summed E-state index contributed by atoms with van der Waals surface area (Å²) in [7, 11) is 0. The molecule has 1 unspecified atom stereocenters. The molecular weight excluding hydrogens is 360 g/mol. The number of rotatable bonds is 3. The van der Waals surface area contributed by atoms with Crippen molar-refractivity contribution in [2.75, 3.05) is 0 Å². The van der Waals surface area contributed by atoms with Crippen LogP contribution in [0.15, 0.2) is 47.1 Å². The van der Waals surface area contributed by atoms with Crippen molar-refractivity contribution in [1.82, 2.24) is 4.90 Å². The van der Waals surface area contributed by atoms with Gasteiger partial charge in [-0.25, -0.2) is 0 Å². The topological polar surface area (TPSA) is 52.9 Å². The molecule has 4 heteroatoms. The molecule has 29 heavy (non-hydrogen) atoms. The van der Waals surface area contributed by atoms with Gasteiger partial charge >= 0.3 is 0 Å². The summed E-state index contributed by atoms with van der Waals surface area (Å²) in [5, 5.41) is 12.9. The van der Waals surface area contributed by atoms with E-state index in [1.807, 2.05) is 11.8 Å². The fourth-order valence-electron chi connectivity index (χ4n) is 5.24. The van der Waals surface area contributed by atoms with Crippen molar-refractivity contribution in [2.45, 2.75) is 64.1 Å². The van der Waals surface area contributed by atoms with Crippen LogP contribution in [0.2, 0.25) is 0 Å². The second kappa shape index (κ2) is 7.42. The number of amides is 1. The maximum absolute atomic E-state index is 13.4. The first-order valence-electron chi connectivity index (χ1n) is 10.9. The van der Waals surface area contributed by atoms with E-state index in [-0.39, 0.29) is 11.9 Å². The highest BCUT2D eigenvalue weighted by atomic mass is 16.3. The van der Waals surface area contributed by atoms with E-state index in [1.165, 1.54) is 16.3 Å². The number of hydrogen-bond donors (Lipinski definition) is 1. The molecule has 1 amide bonds. The average molecular weight is 389 g/mol. The predicted octanol–water partition coefficient (Wildman–Crippen LogP) is 4.64. The molecule has 150 valence electrons. The summed E-state index contributed by atoms with van der Waals surface area (Å²) in [4.78, 5) is 19.8. The van der Waals surface area contributed by atoms with Crippen LogP contribution in [0.3, 0.4) is 0 Å². The first-order chi connectivity index (χ1) is 14.1. The van der Waals surface area contributed by atoms with Gasteiger partial charge < -0.3 is 10.0 Å². The van der Waals surface area contributed by atoms with E-state index in [1.54, 1.807) is 0 Å². The van der Waals surface area contributed by atoms with Gasteiger partial charge in [0.2, 0.25) is 0 Å². The van der Waals surface area contributed by atoms with Crippen LogP contribution in [-0.4, -0.2) is 34.3 Å². The van der Waals surface area contributed by atoms with E-state index in [0.717, 1.165) is 55.3 Å². The second-order valence-electron chi connectivity index (χ2n) is 8.78. The lowest BCUT2D eigenvalue weighted by Crippen LogP contribution is -2.45. The Morgan fingerprint density at radius 2 is 1.97 bits per heavy atom. The summed E-state index contributed by atoms with van der Waals surface area (Å²) in [6, 6.07) is 10.5. The minimum atomic E-state index is -0.402. The summed E-state index contributed by atoms with van der Waals surface area (Å²) in [5.74, 6) is 0.457. The molecule has 1 aliphatic carbocycles.